The summed E-state index contributed by atoms with van der Waals surface area (Å²) in [5.41, 5.74) is 0.510. The number of sulfonamides is 1. The van der Waals surface area contributed by atoms with Crippen molar-refractivity contribution >= 4 is 21.7 Å². The molecule has 1 heterocycles. The van der Waals surface area contributed by atoms with Crippen LogP contribution in [0.4, 0.5) is 5.69 Å². The summed E-state index contributed by atoms with van der Waals surface area (Å²) in [5, 5.41) is 13.2. The average Bonchev–Trinajstić information content (AvgIpc) is 2.94. The number of carbonyl (C=O) groups is 1. The van der Waals surface area contributed by atoms with Crippen LogP contribution in [-0.2, 0) is 10.0 Å². The first kappa shape index (κ1) is 15.5. The molecule has 1 aliphatic carbocycles. The van der Waals surface area contributed by atoms with Gasteiger partial charge in [0.25, 0.3) is 10.0 Å². The molecule has 7 nitrogen and oxygen atoms in total. The SMILES string of the molecule is CN(c1ccc(C(=O)O)cc1)S(=O)(=O)c1ccnn1C1CCC1. The Balaban J connectivity index is 1.92. The summed E-state index contributed by atoms with van der Waals surface area (Å²) in [5.74, 6) is -1.05. The van der Waals surface area contributed by atoms with Crippen LogP contribution in [0.3, 0.4) is 0 Å². The van der Waals surface area contributed by atoms with Crippen molar-refractivity contribution in [2.24, 2.45) is 0 Å². The van der Waals surface area contributed by atoms with Crippen molar-refractivity contribution in [3.63, 3.8) is 0 Å². The van der Waals surface area contributed by atoms with Gasteiger partial charge >= 0.3 is 5.97 Å². The minimum atomic E-state index is -3.75. The fourth-order valence-corrected chi connectivity index (χ4v) is 3.85. The highest BCUT2D eigenvalue weighted by atomic mass is 32.2. The van der Waals surface area contributed by atoms with Crippen LogP contribution in [0.1, 0.15) is 35.7 Å². The number of carboxylic acid groups (broad SMARTS) is 1. The Hall–Kier alpha value is -2.35. The molecule has 122 valence electrons. The molecule has 0 radical (unpaired) electrons. The summed E-state index contributed by atoms with van der Waals surface area (Å²) in [6.07, 6.45) is 4.44. The number of aromatic carboxylic acids is 1. The molecular weight excluding hydrogens is 318 g/mol. The highest BCUT2D eigenvalue weighted by molar-refractivity contribution is 7.92. The van der Waals surface area contributed by atoms with E-state index < -0.39 is 16.0 Å². The molecule has 1 fully saturated rings. The predicted molar refractivity (Wildman–Crippen MR) is 84.1 cm³/mol. The maximum absolute atomic E-state index is 12.8. The minimum absolute atomic E-state index is 0.110. The first-order chi connectivity index (χ1) is 10.9. The first-order valence-electron chi connectivity index (χ1n) is 7.27. The normalized spacial score (nSPS) is 15.2. The molecule has 0 bridgehead atoms. The molecule has 1 saturated carbocycles. The molecule has 1 aromatic heterocycles. The summed E-state index contributed by atoms with van der Waals surface area (Å²) in [4.78, 5) is 10.9. The van der Waals surface area contributed by atoms with Gasteiger partial charge in [-0.25, -0.2) is 9.48 Å². The molecule has 1 aromatic carbocycles. The number of aromatic nitrogens is 2. The number of benzene rings is 1. The van der Waals surface area contributed by atoms with E-state index in [0.29, 0.717) is 5.69 Å². The number of hydrogen-bond acceptors (Lipinski definition) is 4. The molecular formula is C15H17N3O4S. The maximum atomic E-state index is 12.8. The maximum Gasteiger partial charge on any atom is 0.335 e. The number of anilines is 1. The summed E-state index contributed by atoms with van der Waals surface area (Å²) in [7, 11) is -2.30. The van der Waals surface area contributed by atoms with Gasteiger partial charge < -0.3 is 5.11 Å². The average molecular weight is 335 g/mol. The summed E-state index contributed by atoms with van der Waals surface area (Å²) >= 11 is 0. The number of nitrogens with zero attached hydrogens (tertiary/aromatic N) is 3. The third kappa shape index (κ3) is 2.70. The van der Waals surface area contributed by atoms with Gasteiger partial charge in [-0.3, -0.25) is 4.31 Å². The van der Waals surface area contributed by atoms with E-state index in [4.69, 9.17) is 5.11 Å². The van der Waals surface area contributed by atoms with Crippen molar-refractivity contribution in [3.05, 3.63) is 42.1 Å². The lowest BCUT2D eigenvalue weighted by atomic mass is 9.93. The van der Waals surface area contributed by atoms with Gasteiger partial charge in [0.15, 0.2) is 5.03 Å². The fraction of sp³-hybridized carbons (Fsp3) is 0.333. The summed E-state index contributed by atoms with van der Waals surface area (Å²) in [6.45, 7) is 0. The van der Waals surface area contributed by atoms with Gasteiger partial charge in [-0.05, 0) is 49.6 Å². The Kier molecular flexibility index (Phi) is 3.85. The predicted octanol–water partition coefficient (Wildman–Crippen LogP) is 2.13. The van der Waals surface area contributed by atoms with Gasteiger partial charge in [0.05, 0.1) is 23.5 Å². The molecule has 0 saturated heterocycles. The molecule has 1 N–H and O–H groups in total. The van der Waals surface area contributed by atoms with E-state index in [1.165, 1.54) is 43.6 Å². The van der Waals surface area contributed by atoms with E-state index in [1.54, 1.807) is 4.68 Å². The van der Waals surface area contributed by atoms with Crippen LogP contribution in [0.5, 0.6) is 0 Å². The smallest absolute Gasteiger partial charge is 0.335 e. The molecule has 1 aliphatic rings. The molecule has 0 amide bonds. The van der Waals surface area contributed by atoms with Crippen LogP contribution in [0, 0.1) is 0 Å². The highest BCUT2D eigenvalue weighted by Crippen LogP contribution is 2.34. The lowest BCUT2D eigenvalue weighted by molar-refractivity contribution is 0.0697. The van der Waals surface area contributed by atoms with Crippen molar-refractivity contribution < 1.29 is 18.3 Å². The van der Waals surface area contributed by atoms with Crippen LogP contribution >= 0.6 is 0 Å². The van der Waals surface area contributed by atoms with Crippen molar-refractivity contribution in [2.45, 2.75) is 30.3 Å². The van der Waals surface area contributed by atoms with Crippen LogP contribution < -0.4 is 4.31 Å². The summed E-state index contributed by atoms with van der Waals surface area (Å²) in [6, 6.07) is 7.35. The Morgan fingerprint density at radius 2 is 1.91 bits per heavy atom. The third-order valence-electron chi connectivity index (χ3n) is 4.16. The third-order valence-corrected chi connectivity index (χ3v) is 5.94. The van der Waals surface area contributed by atoms with Gasteiger partial charge in [0.2, 0.25) is 0 Å². The van der Waals surface area contributed by atoms with Crippen LogP contribution in [0.2, 0.25) is 0 Å². The zero-order chi connectivity index (χ0) is 16.6. The Morgan fingerprint density at radius 3 is 2.43 bits per heavy atom. The lowest BCUT2D eigenvalue weighted by Crippen LogP contribution is -2.31. The largest absolute Gasteiger partial charge is 0.478 e. The monoisotopic (exact) mass is 335 g/mol. The molecule has 0 unspecified atom stereocenters. The van der Waals surface area contributed by atoms with E-state index in [-0.39, 0.29) is 16.6 Å². The van der Waals surface area contributed by atoms with E-state index in [9.17, 15) is 13.2 Å². The van der Waals surface area contributed by atoms with Crippen LogP contribution in [-0.4, -0.2) is 36.3 Å². The van der Waals surface area contributed by atoms with Gasteiger partial charge in [-0.1, -0.05) is 0 Å². The van der Waals surface area contributed by atoms with Crippen molar-refractivity contribution in [3.8, 4) is 0 Å². The molecule has 0 aliphatic heterocycles. The zero-order valence-corrected chi connectivity index (χ0v) is 13.4. The fourth-order valence-electron chi connectivity index (χ4n) is 2.50. The second-order valence-corrected chi connectivity index (χ2v) is 7.44. The zero-order valence-electron chi connectivity index (χ0n) is 12.6. The second-order valence-electron chi connectivity index (χ2n) is 5.52. The van der Waals surface area contributed by atoms with E-state index in [0.717, 1.165) is 23.6 Å². The van der Waals surface area contributed by atoms with Gasteiger partial charge in [-0.2, -0.15) is 13.5 Å². The summed E-state index contributed by atoms with van der Waals surface area (Å²) < 4.78 is 28.4. The number of rotatable bonds is 5. The van der Waals surface area contributed by atoms with Gasteiger partial charge in [0.1, 0.15) is 0 Å². The molecule has 3 rings (SSSR count). The van der Waals surface area contributed by atoms with Crippen molar-refractivity contribution in [2.75, 3.05) is 11.4 Å². The lowest BCUT2D eigenvalue weighted by Gasteiger charge is -2.28. The Bertz CT molecular complexity index is 823. The standard InChI is InChI=1S/C15H17N3O4S/c1-17(12-7-5-11(6-8-12)15(19)20)23(21,22)14-9-10-16-18(14)13-3-2-4-13/h5-10,13H,2-4H2,1H3,(H,19,20). The molecule has 2 aromatic rings. The molecule has 8 heteroatoms. The van der Waals surface area contributed by atoms with Gasteiger partial charge in [0, 0.05) is 7.05 Å². The van der Waals surface area contributed by atoms with Gasteiger partial charge in [-0.15, -0.1) is 0 Å². The molecule has 0 spiro atoms. The topological polar surface area (TPSA) is 92.5 Å². The number of carboxylic acids is 1. The highest BCUT2D eigenvalue weighted by Gasteiger charge is 2.30. The van der Waals surface area contributed by atoms with Crippen molar-refractivity contribution in [1.29, 1.82) is 0 Å². The van der Waals surface area contributed by atoms with Crippen LogP contribution in [0.15, 0.2) is 41.6 Å². The first-order valence-corrected chi connectivity index (χ1v) is 8.71. The Labute approximate surface area is 134 Å². The van der Waals surface area contributed by atoms with Crippen molar-refractivity contribution in [1.82, 2.24) is 9.78 Å². The van der Waals surface area contributed by atoms with E-state index >= 15 is 0 Å². The second kappa shape index (κ2) is 5.69. The Morgan fingerprint density at radius 1 is 1.26 bits per heavy atom. The molecule has 23 heavy (non-hydrogen) atoms. The van der Waals surface area contributed by atoms with E-state index in [2.05, 4.69) is 5.10 Å². The minimum Gasteiger partial charge on any atom is -0.478 e. The molecule has 0 atom stereocenters. The van der Waals surface area contributed by atoms with E-state index in [1.807, 2.05) is 0 Å². The number of hydrogen-bond donors (Lipinski definition) is 1. The van der Waals surface area contributed by atoms with Crippen LogP contribution in [0.25, 0.3) is 0 Å². The quantitative estimate of drug-likeness (QED) is 0.903.